The number of phenolic OH excluding ortho intramolecular Hbond substituents is 1. The minimum atomic E-state index is -0.473. The van der Waals surface area contributed by atoms with Crippen molar-refractivity contribution in [2.45, 2.75) is 56.8 Å². The quantitative estimate of drug-likeness (QED) is 0.768. The van der Waals surface area contributed by atoms with Crippen molar-refractivity contribution in [3.05, 3.63) is 29.3 Å². The summed E-state index contributed by atoms with van der Waals surface area (Å²) in [6.07, 6.45) is 4.50. The van der Waals surface area contributed by atoms with E-state index in [1.54, 1.807) is 6.07 Å². The standard InChI is InChI=1S/C20H26O4/c1-19-11-17(22)18-14-5-3-13(21)10-12(14)2-4-15(18)16(19)6-7-20(19)23-8-9-24-20/h3,5,10,15-18,21-22H,2,4,6-9,11H2,1H3/t15-,16-,17-,18+,19-/m0/s1. The molecule has 1 aromatic rings. The Morgan fingerprint density at radius 3 is 2.75 bits per heavy atom. The minimum Gasteiger partial charge on any atom is -0.508 e. The van der Waals surface area contributed by atoms with Gasteiger partial charge in [-0.25, -0.2) is 0 Å². The molecule has 2 saturated carbocycles. The Hall–Kier alpha value is -1.10. The Balaban J connectivity index is 1.56. The molecule has 3 fully saturated rings. The number of ether oxygens (including phenoxy) is 2. The van der Waals surface area contributed by atoms with Gasteiger partial charge in [-0.2, -0.15) is 0 Å². The summed E-state index contributed by atoms with van der Waals surface area (Å²) in [5.74, 6) is 1.05. The molecule has 1 spiro atoms. The molecule has 5 rings (SSSR count). The van der Waals surface area contributed by atoms with Crippen LogP contribution in [0.15, 0.2) is 18.2 Å². The molecule has 1 saturated heterocycles. The third kappa shape index (κ3) is 1.80. The highest BCUT2D eigenvalue weighted by molar-refractivity contribution is 5.41. The summed E-state index contributed by atoms with van der Waals surface area (Å²) in [4.78, 5) is 0. The lowest BCUT2D eigenvalue weighted by Gasteiger charge is -2.54. The first-order valence-corrected chi connectivity index (χ1v) is 9.32. The van der Waals surface area contributed by atoms with E-state index >= 15 is 0 Å². The van der Waals surface area contributed by atoms with E-state index in [9.17, 15) is 10.2 Å². The summed E-state index contributed by atoms with van der Waals surface area (Å²) in [6, 6.07) is 5.67. The van der Waals surface area contributed by atoms with Crippen LogP contribution in [0.3, 0.4) is 0 Å². The fourth-order valence-electron chi connectivity index (χ4n) is 6.53. The number of aliphatic hydroxyl groups excluding tert-OH is 1. The zero-order valence-corrected chi connectivity index (χ0v) is 14.2. The number of aliphatic hydroxyl groups is 1. The van der Waals surface area contributed by atoms with Crippen LogP contribution < -0.4 is 0 Å². The number of aryl methyl sites for hydroxylation is 1. The van der Waals surface area contributed by atoms with Crippen LogP contribution in [0.4, 0.5) is 0 Å². The van der Waals surface area contributed by atoms with E-state index in [-0.39, 0.29) is 17.4 Å². The van der Waals surface area contributed by atoms with Gasteiger partial charge in [0, 0.05) is 17.8 Å². The van der Waals surface area contributed by atoms with Crippen molar-refractivity contribution in [1.29, 1.82) is 0 Å². The highest BCUT2D eigenvalue weighted by Crippen LogP contribution is 2.66. The van der Waals surface area contributed by atoms with E-state index in [4.69, 9.17) is 9.47 Å². The molecule has 1 aliphatic heterocycles. The molecule has 0 unspecified atom stereocenters. The van der Waals surface area contributed by atoms with Crippen molar-refractivity contribution in [2.24, 2.45) is 17.3 Å². The van der Waals surface area contributed by atoms with Crippen molar-refractivity contribution in [3.63, 3.8) is 0 Å². The van der Waals surface area contributed by atoms with Gasteiger partial charge in [-0.1, -0.05) is 13.0 Å². The fourth-order valence-corrected chi connectivity index (χ4v) is 6.53. The van der Waals surface area contributed by atoms with Crippen LogP contribution in [0.1, 0.15) is 49.7 Å². The molecule has 1 aromatic carbocycles. The lowest BCUT2D eigenvalue weighted by Crippen LogP contribution is -2.55. The van der Waals surface area contributed by atoms with Crippen molar-refractivity contribution >= 4 is 0 Å². The number of fused-ring (bicyclic) bond motifs is 6. The van der Waals surface area contributed by atoms with Gasteiger partial charge in [0.05, 0.1) is 19.3 Å². The molecule has 0 radical (unpaired) electrons. The summed E-state index contributed by atoms with van der Waals surface area (Å²) in [7, 11) is 0. The summed E-state index contributed by atoms with van der Waals surface area (Å²) < 4.78 is 12.2. The molecule has 0 aromatic heterocycles. The van der Waals surface area contributed by atoms with Crippen LogP contribution in [0.25, 0.3) is 0 Å². The number of aromatic hydroxyl groups is 1. The summed E-state index contributed by atoms with van der Waals surface area (Å²) >= 11 is 0. The Morgan fingerprint density at radius 2 is 1.96 bits per heavy atom. The Morgan fingerprint density at radius 1 is 1.17 bits per heavy atom. The molecule has 0 amide bonds. The molecule has 1 heterocycles. The van der Waals surface area contributed by atoms with Gasteiger partial charge in [0.2, 0.25) is 0 Å². The van der Waals surface area contributed by atoms with Crippen molar-refractivity contribution in [1.82, 2.24) is 0 Å². The first-order chi connectivity index (χ1) is 11.5. The molecule has 4 heteroatoms. The Kier molecular flexibility index (Phi) is 3.14. The third-order valence-electron chi connectivity index (χ3n) is 7.49. The van der Waals surface area contributed by atoms with Crippen LogP contribution in [-0.2, 0) is 15.9 Å². The molecule has 4 nitrogen and oxygen atoms in total. The maximum Gasteiger partial charge on any atom is 0.174 e. The normalized spacial score (nSPS) is 42.6. The predicted molar refractivity (Wildman–Crippen MR) is 88.7 cm³/mol. The molecule has 5 atom stereocenters. The maximum atomic E-state index is 11.1. The lowest BCUT2D eigenvalue weighted by molar-refractivity contribution is -0.246. The van der Waals surface area contributed by atoms with Gasteiger partial charge >= 0.3 is 0 Å². The predicted octanol–water partition coefficient (Wildman–Crippen LogP) is 2.96. The van der Waals surface area contributed by atoms with Crippen LogP contribution in [0.2, 0.25) is 0 Å². The second kappa shape index (κ2) is 4.96. The molecule has 4 aliphatic rings. The molecule has 2 N–H and O–H groups in total. The number of hydrogen-bond acceptors (Lipinski definition) is 4. The van der Waals surface area contributed by atoms with Gasteiger partial charge in [0.15, 0.2) is 5.79 Å². The van der Waals surface area contributed by atoms with Gasteiger partial charge in [-0.05, 0) is 60.8 Å². The van der Waals surface area contributed by atoms with Crippen molar-refractivity contribution in [3.8, 4) is 5.75 Å². The number of phenols is 1. The molecule has 0 bridgehead atoms. The lowest BCUT2D eigenvalue weighted by atomic mass is 9.53. The zero-order valence-electron chi connectivity index (χ0n) is 14.2. The summed E-state index contributed by atoms with van der Waals surface area (Å²) in [5, 5.41) is 20.9. The maximum absolute atomic E-state index is 11.1. The van der Waals surface area contributed by atoms with Crippen LogP contribution >= 0.6 is 0 Å². The van der Waals surface area contributed by atoms with Crippen LogP contribution in [0.5, 0.6) is 5.75 Å². The fraction of sp³-hybridized carbons (Fsp3) is 0.700. The second-order valence-electron chi connectivity index (χ2n) is 8.40. The van der Waals surface area contributed by atoms with E-state index < -0.39 is 5.79 Å². The highest BCUT2D eigenvalue weighted by Gasteiger charge is 2.66. The van der Waals surface area contributed by atoms with E-state index in [2.05, 4.69) is 6.92 Å². The summed E-state index contributed by atoms with van der Waals surface area (Å²) in [6.45, 7) is 3.63. The van der Waals surface area contributed by atoms with Crippen molar-refractivity contribution < 1.29 is 19.7 Å². The van der Waals surface area contributed by atoms with E-state index in [0.717, 1.165) is 32.1 Å². The third-order valence-corrected chi connectivity index (χ3v) is 7.49. The number of rotatable bonds is 0. The van der Waals surface area contributed by atoms with Crippen LogP contribution in [-0.4, -0.2) is 35.3 Å². The van der Waals surface area contributed by atoms with Gasteiger partial charge in [-0.15, -0.1) is 0 Å². The average Bonchev–Trinajstić information content (AvgIpc) is 3.14. The van der Waals surface area contributed by atoms with Gasteiger partial charge in [-0.3, -0.25) is 0 Å². The monoisotopic (exact) mass is 330 g/mol. The first kappa shape index (κ1) is 15.2. The Labute approximate surface area is 142 Å². The topological polar surface area (TPSA) is 58.9 Å². The highest BCUT2D eigenvalue weighted by atomic mass is 16.7. The molecular formula is C20H26O4. The SMILES string of the molecule is C[C@]12C[C@H](O)[C@@H]3c4ccc(O)cc4CC[C@H]3[C@@H]1CCC21OCCO1. The van der Waals surface area contributed by atoms with Gasteiger partial charge in [0.1, 0.15) is 5.75 Å². The summed E-state index contributed by atoms with van der Waals surface area (Å²) in [5.41, 5.74) is 2.35. The van der Waals surface area contributed by atoms with E-state index in [1.807, 2.05) is 12.1 Å². The largest absolute Gasteiger partial charge is 0.508 e. The zero-order chi connectivity index (χ0) is 16.5. The van der Waals surface area contributed by atoms with Gasteiger partial charge in [0.25, 0.3) is 0 Å². The average molecular weight is 330 g/mol. The van der Waals surface area contributed by atoms with E-state index in [1.165, 1.54) is 11.1 Å². The smallest absolute Gasteiger partial charge is 0.174 e. The molecular weight excluding hydrogens is 304 g/mol. The second-order valence-corrected chi connectivity index (χ2v) is 8.40. The minimum absolute atomic E-state index is 0.0987. The molecule has 130 valence electrons. The Bertz CT molecular complexity index is 666. The van der Waals surface area contributed by atoms with Gasteiger partial charge < -0.3 is 19.7 Å². The molecule has 3 aliphatic carbocycles. The van der Waals surface area contributed by atoms with Crippen molar-refractivity contribution in [2.75, 3.05) is 13.2 Å². The van der Waals surface area contributed by atoms with E-state index in [0.29, 0.717) is 30.8 Å². The first-order valence-electron chi connectivity index (χ1n) is 9.32. The van der Waals surface area contributed by atoms with Crippen LogP contribution in [0, 0.1) is 17.3 Å². The number of benzene rings is 1. The molecule has 24 heavy (non-hydrogen) atoms. The number of hydrogen-bond donors (Lipinski definition) is 2.